The van der Waals surface area contributed by atoms with Gasteiger partial charge < -0.3 is 20.7 Å². The number of nitro benzene ring substituents is 1. The van der Waals surface area contributed by atoms with E-state index in [1.807, 2.05) is 30.3 Å². The zero-order chi connectivity index (χ0) is 33.0. The molecule has 47 heavy (non-hydrogen) atoms. The predicted octanol–water partition coefficient (Wildman–Crippen LogP) is 7.53. The van der Waals surface area contributed by atoms with Gasteiger partial charge in [-0.25, -0.2) is 0 Å². The predicted molar refractivity (Wildman–Crippen MR) is 182 cm³/mol. The van der Waals surface area contributed by atoms with Crippen LogP contribution in [0.4, 0.5) is 17.1 Å². The summed E-state index contributed by atoms with van der Waals surface area (Å²) in [6, 6.07) is 37.5. The highest BCUT2D eigenvalue weighted by Gasteiger charge is 2.18. The Bertz CT molecular complexity index is 1920. The molecule has 0 saturated heterocycles. The number of nitro groups is 1. The summed E-state index contributed by atoms with van der Waals surface area (Å²) < 4.78 is 5.78. The van der Waals surface area contributed by atoms with E-state index in [1.165, 1.54) is 36.0 Å². The summed E-state index contributed by atoms with van der Waals surface area (Å²) >= 11 is 1.27. The number of rotatable bonds is 12. The number of hydrogen-bond donors (Lipinski definition) is 3. The van der Waals surface area contributed by atoms with Crippen LogP contribution in [0, 0.1) is 10.1 Å². The molecule has 0 aliphatic heterocycles. The van der Waals surface area contributed by atoms with Gasteiger partial charge in [-0.3, -0.25) is 24.5 Å². The van der Waals surface area contributed by atoms with Crippen LogP contribution in [0.3, 0.4) is 0 Å². The molecule has 5 rings (SSSR count). The monoisotopic (exact) mass is 644 g/mol. The Kier molecular flexibility index (Phi) is 10.7. The zero-order valence-corrected chi connectivity index (χ0v) is 25.6. The molecule has 5 aromatic carbocycles. The number of nitrogens with zero attached hydrogens (tertiary/aromatic N) is 1. The highest BCUT2D eigenvalue weighted by atomic mass is 32.2. The highest BCUT2D eigenvalue weighted by molar-refractivity contribution is 8.00. The van der Waals surface area contributed by atoms with E-state index in [9.17, 15) is 24.5 Å². The Hall–Kier alpha value is -6.20. The van der Waals surface area contributed by atoms with E-state index in [-0.39, 0.29) is 28.6 Å². The molecule has 5 aromatic rings. The lowest BCUT2D eigenvalue weighted by atomic mass is 10.1. The fraction of sp³-hybridized carbons (Fsp3) is 0.0278. The summed E-state index contributed by atoms with van der Waals surface area (Å²) in [6.07, 6.45) is 1.26. The Morgan fingerprint density at radius 1 is 0.723 bits per heavy atom. The van der Waals surface area contributed by atoms with E-state index in [4.69, 9.17) is 4.74 Å². The number of thioether (sulfide) groups is 1. The van der Waals surface area contributed by atoms with E-state index in [1.54, 1.807) is 84.9 Å². The molecule has 11 heteroatoms. The van der Waals surface area contributed by atoms with Gasteiger partial charge >= 0.3 is 0 Å². The lowest BCUT2D eigenvalue weighted by molar-refractivity contribution is -0.385. The summed E-state index contributed by atoms with van der Waals surface area (Å²) in [5.41, 5.74) is 1.06. The lowest BCUT2D eigenvalue weighted by Crippen LogP contribution is -2.30. The average Bonchev–Trinajstić information content (AvgIpc) is 3.09. The molecule has 0 aliphatic carbocycles. The Morgan fingerprint density at radius 3 is 2.11 bits per heavy atom. The highest BCUT2D eigenvalue weighted by Crippen LogP contribution is 2.25. The average molecular weight is 645 g/mol. The van der Waals surface area contributed by atoms with E-state index in [0.29, 0.717) is 33.3 Å². The maximum absolute atomic E-state index is 13.4. The molecule has 0 radical (unpaired) electrons. The zero-order valence-electron chi connectivity index (χ0n) is 24.8. The smallest absolute Gasteiger partial charge is 0.276 e. The molecule has 0 fully saturated rings. The molecule has 0 bridgehead atoms. The molecular formula is C36H28N4O6S. The number of para-hydroxylation sites is 2. The molecule has 0 atom stereocenters. The Morgan fingerprint density at radius 2 is 1.38 bits per heavy atom. The molecule has 0 aliphatic rings. The number of benzene rings is 5. The number of ether oxygens (including phenoxy) is 1. The van der Waals surface area contributed by atoms with Crippen LogP contribution < -0.4 is 20.7 Å². The van der Waals surface area contributed by atoms with Crippen molar-refractivity contribution in [2.24, 2.45) is 0 Å². The second kappa shape index (κ2) is 15.7. The minimum Gasteiger partial charge on any atom is -0.457 e. The van der Waals surface area contributed by atoms with Crippen molar-refractivity contribution < 1.29 is 24.0 Å². The number of amides is 3. The normalized spacial score (nSPS) is 10.9. The minimum atomic E-state index is -0.688. The second-order valence-electron chi connectivity index (χ2n) is 9.95. The van der Waals surface area contributed by atoms with Crippen LogP contribution in [0.15, 0.2) is 144 Å². The van der Waals surface area contributed by atoms with Gasteiger partial charge in [-0.15, -0.1) is 11.8 Å². The van der Waals surface area contributed by atoms with Crippen molar-refractivity contribution in [3.05, 3.63) is 160 Å². The number of anilines is 2. The topological polar surface area (TPSA) is 140 Å². The molecule has 0 spiro atoms. The largest absolute Gasteiger partial charge is 0.457 e. The lowest BCUT2D eigenvalue weighted by Gasteiger charge is -2.12. The standard InChI is InChI=1S/C36H28N4O6S/c41-34(37-27-18-20-30(21-19-27)46-29-14-5-2-6-15-29)24-47-31-16-9-13-28(23-31)38-36(43)32(39-35(42)25-10-3-1-4-11-25)22-26-12-7-8-17-33(26)40(44)45/h1-23H,24H2,(H,37,41)(H,38,43)(H,39,42)/b32-22+. The van der Waals surface area contributed by atoms with Gasteiger partial charge in [0.1, 0.15) is 17.2 Å². The van der Waals surface area contributed by atoms with E-state index >= 15 is 0 Å². The van der Waals surface area contributed by atoms with Crippen molar-refractivity contribution in [1.82, 2.24) is 5.32 Å². The maximum atomic E-state index is 13.4. The van der Waals surface area contributed by atoms with Crippen molar-refractivity contribution in [3.63, 3.8) is 0 Å². The van der Waals surface area contributed by atoms with Crippen LogP contribution in [0.2, 0.25) is 0 Å². The number of carbonyl (C=O) groups excluding carboxylic acids is 3. The van der Waals surface area contributed by atoms with E-state index < -0.39 is 16.7 Å². The fourth-order valence-electron chi connectivity index (χ4n) is 4.31. The number of nitrogens with one attached hydrogen (secondary N) is 3. The van der Waals surface area contributed by atoms with Crippen LogP contribution in [-0.2, 0) is 9.59 Å². The summed E-state index contributed by atoms with van der Waals surface area (Å²) in [7, 11) is 0. The second-order valence-corrected chi connectivity index (χ2v) is 11.0. The third-order valence-corrected chi connectivity index (χ3v) is 7.53. The van der Waals surface area contributed by atoms with Gasteiger partial charge in [0.05, 0.1) is 16.2 Å². The van der Waals surface area contributed by atoms with Gasteiger partial charge in [0, 0.05) is 27.9 Å². The van der Waals surface area contributed by atoms with Gasteiger partial charge in [-0.05, 0) is 78.9 Å². The Labute approximate surface area is 274 Å². The van der Waals surface area contributed by atoms with E-state index in [0.717, 1.165) is 0 Å². The summed E-state index contributed by atoms with van der Waals surface area (Å²) in [5, 5.41) is 19.8. The number of hydrogen-bond acceptors (Lipinski definition) is 7. The first kappa shape index (κ1) is 32.2. The number of carbonyl (C=O) groups is 3. The molecule has 0 aromatic heterocycles. The van der Waals surface area contributed by atoms with Crippen molar-refractivity contribution in [1.29, 1.82) is 0 Å². The fourth-order valence-corrected chi connectivity index (χ4v) is 5.07. The molecule has 3 N–H and O–H groups in total. The van der Waals surface area contributed by atoms with Crippen LogP contribution in [0.25, 0.3) is 6.08 Å². The van der Waals surface area contributed by atoms with Gasteiger partial charge in [0.15, 0.2) is 0 Å². The summed E-state index contributed by atoms with van der Waals surface area (Å²) in [5.74, 6) is -0.00780. The molecule has 3 amide bonds. The first-order valence-electron chi connectivity index (χ1n) is 14.3. The van der Waals surface area contributed by atoms with Crippen LogP contribution in [0.5, 0.6) is 11.5 Å². The molecule has 10 nitrogen and oxygen atoms in total. The minimum absolute atomic E-state index is 0.107. The molecule has 0 unspecified atom stereocenters. The van der Waals surface area contributed by atoms with Crippen molar-refractivity contribution in [3.8, 4) is 11.5 Å². The molecule has 234 valence electrons. The molecule has 0 heterocycles. The first-order valence-corrected chi connectivity index (χ1v) is 15.3. The van der Waals surface area contributed by atoms with E-state index in [2.05, 4.69) is 16.0 Å². The quantitative estimate of drug-likeness (QED) is 0.0552. The van der Waals surface area contributed by atoms with Gasteiger partial charge in [0.25, 0.3) is 17.5 Å². The van der Waals surface area contributed by atoms with Gasteiger partial charge in [-0.1, -0.05) is 54.6 Å². The van der Waals surface area contributed by atoms with Crippen LogP contribution in [-0.4, -0.2) is 28.4 Å². The summed E-state index contributed by atoms with van der Waals surface area (Å²) in [4.78, 5) is 50.7. The first-order chi connectivity index (χ1) is 22.8. The maximum Gasteiger partial charge on any atom is 0.276 e. The van der Waals surface area contributed by atoms with Gasteiger partial charge in [0.2, 0.25) is 5.91 Å². The van der Waals surface area contributed by atoms with Gasteiger partial charge in [-0.2, -0.15) is 0 Å². The molecular weight excluding hydrogens is 616 g/mol. The Balaban J connectivity index is 1.23. The third-order valence-electron chi connectivity index (χ3n) is 6.54. The summed E-state index contributed by atoms with van der Waals surface area (Å²) in [6.45, 7) is 0. The van der Waals surface area contributed by atoms with Crippen molar-refractivity contribution in [2.45, 2.75) is 4.90 Å². The van der Waals surface area contributed by atoms with Crippen LogP contribution in [0.1, 0.15) is 15.9 Å². The third kappa shape index (κ3) is 9.40. The molecule has 0 saturated carbocycles. The van der Waals surface area contributed by atoms with Crippen LogP contribution >= 0.6 is 11.8 Å². The van der Waals surface area contributed by atoms with Crippen molar-refractivity contribution in [2.75, 3.05) is 16.4 Å². The van der Waals surface area contributed by atoms with Crippen molar-refractivity contribution >= 4 is 52.6 Å². The SMILES string of the molecule is O=C(CSc1cccc(NC(=O)/C(=C\c2ccccc2[N+](=O)[O-])NC(=O)c2ccccc2)c1)Nc1ccc(Oc2ccccc2)cc1.